The van der Waals surface area contributed by atoms with Crippen molar-refractivity contribution in [3.8, 4) is 5.75 Å². The van der Waals surface area contributed by atoms with Crippen molar-refractivity contribution in [2.24, 2.45) is 0 Å². The van der Waals surface area contributed by atoms with Crippen molar-refractivity contribution >= 4 is 45.1 Å². The second-order valence-electron chi connectivity index (χ2n) is 9.36. The Labute approximate surface area is 207 Å². The highest BCUT2D eigenvalue weighted by Gasteiger charge is 2.45. The monoisotopic (exact) mass is 563 g/mol. The van der Waals surface area contributed by atoms with E-state index < -0.39 is 35.3 Å². The minimum atomic E-state index is -5.07. The fraction of sp³-hybridized carbons (Fsp3) is 0.591. The molecule has 2 atom stereocenters. The van der Waals surface area contributed by atoms with Crippen LogP contribution < -0.4 is 9.64 Å². The number of ether oxygens (including phenoxy) is 3. The smallest absolute Gasteiger partial charge is 0.462 e. The van der Waals surface area contributed by atoms with E-state index in [0.29, 0.717) is 13.1 Å². The van der Waals surface area contributed by atoms with Crippen molar-refractivity contribution in [3.63, 3.8) is 0 Å². The number of oxazole rings is 1. The predicted molar refractivity (Wildman–Crippen MR) is 121 cm³/mol. The molecule has 13 heteroatoms. The van der Waals surface area contributed by atoms with Gasteiger partial charge in [-0.3, -0.25) is 4.90 Å². The second-order valence-corrected chi connectivity index (χ2v) is 10.2. The van der Waals surface area contributed by atoms with Gasteiger partial charge in [0.2, 0.25) is 0 Å². The number of alkyl halides is 3. The number of fused-ring (bicyclic) bond motifs is 3. The van der Waals surface area contributed by atoms with Crippen LogP contribution in [0.2, 0.25) is 0 Å². The van der Waals surface area contributed by atoms with Crippen LogP contribution in [-0.4, -0.2) is 65.7 Å². The topological polar surface area (TPSA) is 94.3 Å². The lowest BCUT2D eigenvalue weighted by atomic mass is 10.2. The van der Waals surface area contributed by atoms with E-state index in [4.69, 9.17) is 13.9 Å². The van der Waals surface area contributed by atoms with Gasteiger partial charge in [-0.1, -0.05) is 0 Å². The third kappa shape index (κ3) is 5.29. The van der Waals surface area contributed by atoms with E-state index in [0.717, 1.165) is 18.9 Å². The number of esters is 1. The summed E-state index contributed by atoms with van der Waals surface area (Å²) >= 11 is 3.24. The number of carbonyl (C=O) groups excluding carboxylic acids is 2. The van der Waals surface area contributed by atoms with Gasteiger partial charge < -0.3 is 23.5 Å². The van der Waals surface area contributed by atoms with Gasteiger partial charge in [0.1, 0.15) is 11.2 Å². The van der Waals surface area contributed by atoms with Gasteiger partial charge in [-0.15, -0.1) is 13.2 Å². The Kier molecular flexibility index (Phi) is 6.58. The lowest BCUT2D eigenvalue weighted by Crippen LogP contribution is -2.56. The molecule has 0 aliphatic carbocycles. The van der Waals surface area contributed by atoms with Crippen LogP contribution >= 0.6 is 15.9 Å². The molecule has 3 heterocycles. The number of aromatic nitrogens is 1. The van der Waals surface area contributed by atoms with Crippen LogP contribution in [0.15, 0.2) is 15.0 Å². The molecule has 192 valence electrons. The third-order valence-corrected chi connectivity index (χ3v) is 6.22. The summed E-state index contributed by atoms with van der Waals surface area (Å²) in [5.41, 5.74) is -1.34. The van der Waals surface area contributed by atoms with Crippen molar-refractivity contribution in [1.82, 2.24) is 9.88 Å². The molecule has 2 aromatic rings. The zero-order valence-electron chi connectivity index (χ0n) is 19.6. The first-order valence-corrected chi connectivity index (χ1v) is 11.9. The van der Waals surface area contributed by atoms with Crippen LogP contribution in [0.25, 0.3) is 11.1 Å². The molecule has 2 saturated heterocycles. The average Bonchev–Trinajstić information content (AvgIpc) is 3.28. The van der Waals surface area contributed by atoms with E-state index in [-0.39, 0.29) is 40.3 Å². The van der Waals surface area contributed by atoms with Gasteiger partial charge in [0, 0.05) is 13.1 Å². The minimum Gasteiger partial charge on any atom is -0.462 e. The standard InChI is InChI=1S/C22H25BrF3N3O6/c1-5-32-18(30)13-8-14(23)17-15(16(13)34-22(24,25)26)27-19(33-17)28-9-11-6-7-12(10-28)29(11)20(31)35-21(2,3)4/h8,11-12H,5-7,9-10H2,1-4H3. The van der Waals surface area contributed by atoms with Crippen molar-refractivity contribution in [3.05, 3.63) is 16.1 Å². The van der Waals surface area contributed by atoms with E-state index in [9.17, 15) is 22.8 Å². The maximum Gasteiger partial charge on any atom is 0.573 e. The van der Waals surface area contributed by atoms with Gasteiger partial charge in [0.05, 0.1) is 23.2 Å². The summed E-state index contributed by atoms with van der Waals surface area (Å²) in [5.74, 6) is -1.78. The summed E-state index contributed by atoms with van der Waals surface area (Å²) < 4.78 is 60.3. The molecule has 1 aromatic carbocycles. The highest BCUT2D eigenvalue weighted by atomic mass is 79.9. The van der Waals surface area contributed by atoms with Crippen LogP contribution in [0.1, 0.15) is 50.9 Å². The Morgan fingerprint density at radius 2 is 1.83 bits per heavy atom. The molecule has 0 spiro atoms. The Morgan fingerprint density at radius 3 is 2.37 bits per heavy atom. The molecule has 0 saturated carbocycles. The molecule has 2 fully saturated rings. The molecule has 2 bridgehead atoms. The van der Waals surface area contributed by atoms with Crippen molar-refractivity contribution in [2.75, 3.05) is 24.6 Å². The zero-order valence-corrected chi connectivity index (χ0v) is 21.2. The van der Waals surface area contributed by atoms with Crippen molar-refractivity contribution < 1.29 is 41.4 Å². The van der Waals surface area contributed by atoms with E-state index in [1.54, 1.807) is 30.6 Å². The van der Waals surface area contributed by atoms with Gasteiger partial charge in [0.15, 0.2) is 16.8 Å². The number of anilines is 1. The van der Waals surface area contributed by atoms with Crippen LogP contribution in [0.3, 0.4) is 0 Å². The third-order valence-electron chi connectivity index (χ3n) is 5.63. The highest BCUT2D eigenvalue weighted by molar-refractivity contribution is 9.10. The number of nitrogens with zero attached hydrogens (tertiary/aromatic N) is 3. The number of halogens is 4. The normalized spacial score (nSPS) is 20.3. The Hall–Kier alpha value is -2.70. The first-order valence-electron chi connectivity index (χ1n) is 11.1. The molecule has 2 aliphatic rings. The lowest BCUT2D eigenvalue weighted by molar-refractivity contribution is -0.274. The second kappa shape index (κ2) is 9.07. The molecule has 35 heavy (non-hydrogen) atoms. The molecular formula is C22H25BrF3N3O6. The van der Waals surface area contributed by atoms with Crippen molar-refractivity contribution in [1.29, 1.82) is 0 Å². The maximum atomic E-state index is 13.2. The number of amides is 1. The van der Waals surface area contributed by atoms with E-state index in [1.807, 2.05) is 0 Å². The Balaban J connectivity index is 1.68. The SMILES string of the molecule is CCOC(=O)c1cc(Br)c2oc(N3CC4CCC(C3)N4C(=O)OC(C)(C)C)nc2c1OC(F)(F)F. The first-order chi connectivity index (χ1) is 16.3. The summed E-state index contributed by atoms with van der Waals surface area (Å²) in [6, 6.07) is 0.890. The Morgan fingerprint density at radius 1 is 1.20 bits per heavy atom. The van der Waals surface area contributed by atoms with Gasteiger partial charge >= 0.3 is 18.4 Å². The van der Waals surface area contributed by atoms with E-state index in [1.165, 1.54) is 6.92 Å². The summed E-state index contributed by atoms with van der Waals surface area (Å²) in [6.07, 6.45) is -3.97. The molecule has 0 radical (unpaired) electrons. The fourth-order valence-corrected chi connectivity index (χ4v) is 4.89. The predicted octanol–water partition coefficient (Wildman–Crippen LogP) is 5.25. The quantitative estimate of drug-likeness (QED) is 0.465. The molecule has 4 rings (SSSR count). The highest BCUT2D eigenvalue weighted by Crippen LogP contribution is 2.41. The summed E-state index contributed by atoms with van der Waals surface area (Å²) in [5, 5.41) is 0. The van der Waals surface area contributed by atoms with Gasteiger partial charge in [0.25, 0.3) is 6.01 Å². The van der Waals surface area contributed by atoms with Gasteiger partial charge in [-0.2, -0.15) is 4.98 Å². The lowest BCUT2D eigenvalue weighted by Gasteiger charge is -2.40. The zero-order chi connectivity index (χ0) is 25.7. The molecular weight excluding hydrogens is 539 g/mol. The Bertz CT molecular complexity index is 1130. The van der Waals surface area contributed by atoms with E-state index >= 15 is 0 Å². The summed E-state index contributed by atoms with van der Waals surface area (Å²) in [7, 11) is 0. The molecule has 2 unspecified atom stereocenters. The average molecular weight is 564 g/mol. The van der Waals surface area contributed by atoms with Crippen LogP contribution in [-0.2, 0) is 9.47 Å². The number of rotatable bonds is 4. The number of hydrogen-bond acceptors (Lipinski definition) is 8. The summed E-state index contributed by atoms with van der Waals surface area (Å²) in [4.78, 5) is 32.8. The maximum absolute atomic E-state index is 13.2. The van der Waals surface area contributed by atoms with Crippen LogP contribution in [0.4, 0.5) is 24.0 Å². The van der Waals surface area contributed by atoms with Crippen molar-refractivity contribution in [2.45, 2.75) is 64.6 Å². The van der Waals surface area contributed by atoms with Gasteiger partial charge in [-0.25, -0.2) is 9.59 Å². The molecule has 0 N–H and O–H groups in total. The first kappa shape index (κ1) is 25.4. The molecule has 1 aromatic heterocycles. The fourth-order valence-electron chi connectivity index (χ4n) is 4.40. The number of hydrogen-bond donors (Lipinski definition) is 0. The number of benzene rings is 1. The minimum absolute atomic E-state index is 0.00535. The molecule has 2 aliphatic heterocycles. The van der Waals surface area contributed by atoms with E-state index in [2.05, 4.69) is 25.7 Å². The van der Waals surface area contributed by atoms with Crippen LogP contribution in [0.5, 0.6) is 5.75 Å². The van der Waals surface area contributed by atoms with Gasteiger partial charge in [-0.05, 0) is 62.5 Å². The molecule has 1 amide bonds. The van der Waals surface area contributed by atoms with Crippen LogP contribution in [0, 0.1) is 0 Å². The molecule has 9 nitrogen and oxygen atoms in total. The number of carbonyl (C=O) groups is 2. The number of piperazine rings is 1. The largest absolute Gasteiger partial charge is 0.573 e. The summed E-state index contributed by atoms with van der Waals surface area (Å²) in [6.45, 7) is 7.61.